The fourth-order valence-electron chi connectivity index (χ4n) is 1.21. The van der Waals surface area contributed by atoms with Crippen LogP contribution in [0.3, 0.4) is 0 Å². The largest absolute Gasteiger partial charge is 0.475 e. The summed E-state index contributed by atoms with van der Waals surface area (Å²) in [6, 6.07) is 3.05. The Kier molecular flexibility index (Phi) is 2.97. The maximum Gasteiger partial charge on any atom is 0.371 e. The maximum absolute atomic E-state index is 10.5. The van der Waals surface area contributed by atoms with E-state index < -0.39 is 5.97 Å². The van der Waals surface area contributed by atoms with Crippen molar-refractivity contribution in [1.29, 1.82) is 0 Å². The first-order chi connectivity index (χ1) is 7.75. The van der Waals surface area contributed by atoms with E-state index in [-0.39, 0.29) is 5.76 Å². The van der Waals surface area contributed by atoms with Crippen LogP contribution in [-0.4, -0.2) is 26.3 Å². The smallest absolute Gasteiger partial charge is 0.371 e. The first kappa shape index (κ1) is 10.4. The number of nitrogens with zero attached hydrogens (tertiary/aromatic N) is 2. The van der Waals surface area contributed by atoms with Gasteiger partial charge in [-0.15, -0.1) is 0 Å². The third-order valence-electron chi connectivity index (χ3n) is 1.93. The molecule has 0 aliphatic rings. The number of hydrogen-bond acceptors (Lipinski definition) is 5. The minimum absolute atomic E-state index is 0.0588. The highest BCUT2D eigenvalue weighted by Gasteiger charge is 2.08. The molecule has 2 aromatic heterocycles. The molecule has 16 heavy (non-hydrogen) atoms. The van der Waals surface area contributed by atoms with Crippen molar-refractivity contribution in [1.82, 2.24) is 20.5 Å². The second-order valence-corrected chi connectivity index (χ2v) is 3.11. The van der Waals surface area contributed by atoms with Crippen LogP contribution in [0, 0.1) is 0 Å². The van der Waals surface area contributed by atoms with Gasteiger partial charge in [-0.3, -0.25) is 5.10 Å². The van der Waals surface area contributed by atoms with Crippen molar-refractivity contribution in [3.8, 4) is 0 Å². The molecule has 0 fully saturated rings. The van der Waals surface area contributed by atoms with Gasteiger partial charge in [0.2, 0.25) is 5.76 Å². The number of rotatable bonds is 5. The molecular formula is C9H10N4O3. The fraction of sp³-hybridized carbons (Fsp3) is 0.222. The number of furan rings is 1. The zero-order valence-corrected chi connectivity index (χ0v) is 8.30. The summed E-state index contributed by atoms with van der Waals surface area (Å²) >= 11 is 0. The number of carboxylic acid groups (broad SMARTS) is 1. The van der Waals surface area contributed by atoms with Gasteiger partial charge in [-0.1, -0.05) is 0 Å². The van der Waals surface area contributed by atoms with Crippen LogP contribution in [0.1, 0.15) is 22.1 Å². The molecule has 0 unspecified atom stereocenters. The van der Waals surface area contributed by atoms with Gasteiger partial charge in [0.15, 0.2) is 0 Å². The Hall–Kier alpha value is -2.15. The van der Waals surface area contributed by atoms with Crippen LogP contribution < -0.4 is 5.32 Å². The van der Waals surface area contributed by atoms with E-state index >= 15 is 0 Å². The summed E-state index contributed by atoms with van der Waals surface area (Å²) in [5, 5.41) is 18.1. The van der Waals surface area contributed by atoms with Gasteiger partial charge in [-0.25, -0.2) is 9.78 Å². The van der Waals surface area contributed by atoms with Crippen LogP contribution in [-0.2, 0) is 13.1 Å². The van der Waals surface area contributed by atoms with Crippen LogP contribution in [0.5, 0.6) is 0 Å². The first-order valence-corrected chi connectivity index (χ1v) is 4.62. The van der Waals surface area contributed by atoms with Gasteiger partial charge < -0.3 is 14.8 Å². The van der Waals surface area contributed by atoms with Gasteiger partial charge in [-0.2, -0.15) is 5.10 Å². The van der Waals surface area contributed by atoms with E-state index in [1.54, 1.807) is 6.07 Å². The lowest BCUT2D eigenvalue weighted by atomic mass is 10.4. The zero-order valence-electron chi connectivity index (χ0n) is 8.30. The predicted octanol–water partition coefficient (Wildman–Crippen LogP) is 0.386. The normalized spacial score (nSPS) is 10.5. The molecule has 0 radical (unpaired) electrons. The summed E-state index contributed by atoms with van der Waals surface area (Å²) in [5.41, 5.74) is 0. The van der Waals surface area contributed by atoms with Crippen molar-refractivity contribution in [2.45, 2.75) is 13.1 Å². The second-order valence-electron chi connectivity index (χ2n) is 3.11. The summed E-state index contributed by atoms with van der Waals surface area (Å²) in [4.78, 5) is 14.5. The lowest BCUT2D eigenvalue weighted by Crippen LogP contribution is -2.13. The zero-order chi connectivity index (χ0) is 11.4. The van der Waals surface area contributed by atoms with Crippen molar-refractivity contribution in [3.63, 3.8) is 0 Å². The summed E-state index contributed by atoms with van der Waals surface area (Å²) in [6.45, 7) is 0.955. The van der Waals surface area contributed by atoms with Crippen LogP contribution in [0.15, 0.2) is 22.9 Å². The Labute approximate surface area is 90.5 Å². The number of aromatic nitrogens is 3. The number of aromatic amines is 1. The molecule has 0 amide bonds. The Morgan fingerprint density at radius 3 is 3.00 bits per heavy atom. The fourth-order valence-corrected chi connectivity index (χ4v) is 1.21. The van der Waals surface area contributed by atoms with Crippen molar-refractivity contribution < 1.29 is 14.3 Å². The molecule has 2 rings (SSSR count). The molecule has 0 aliphatic heterocycles. The van der Waals surface area contributed by atoms with Crippen LogP contribution in [0.25, 0.3) is 0 Å². The van der Waals surface area contributed by atoms with E-state index in [1.807, 2.05) is 0 Å². The summed E-state index contributed by atoms with van der Waals surface area (Å²) in [6.07, 6.45) is 1.42. The van der Waals surface area contributed by atoms with Gasteiger partial charge in [0.05, 0.1) is 13.1 Å². The van der Waals surface area contributed by atoms with E-state index in [2.05, 4.69) is 20.5 Å². The molecular weight excluding hydrogens is 212 g/mol. The summed E-state index contributed by atoms with van der Waals surface area (Å²) in [5.74, 6) is 0.153. The topological polar surface area (TPSA) is 104 Å². The van der Waals surface area contributed by atoms with Crippen LogP contribution in [0.2, 0.25) is 0 Å². The summed E-state index contributed by atoms with van der Waals surface area (Å²) in [7, 11) is 0. The molecule has 2 heterocycles. The van der Waals surface area contributed by atoms with Crippen molar-refractivity contribution in [2.24, 2.45) is 0 Å². The molecule has 0 saturated carbocycles. The van der Waals surface area contributed by atoms with Crippen LogP contribution in [0.4, 0.5) is 0 Å². The molecule has 7 heteroatoms. The minimum atomic E-state index is -1.07. The van der Waals surface area contributed by atoms with E-state index in [4.69, 9.17) is 9.52 Å². The molecule has 3 N–H and O–H groups in total. The summed E-state index contributed by atoms with van der Waals surface area (Å²) < 4.78 is 5.06. The SMILES string of the molecule is O=C(O)c1ccc(CNCc2ncn[nH]2)o1. The van der Waals surface area contributed by atoms with E-state index in [1.165, 1.54) is 12.4 Å². The molecule has 0 saturated heterocycles. The number of carbonyl (C=O) groups is 1. The predicted molar refractivity (Wildman–Crippen MR) is 52.6 cm³/mol. The molecule has 0 spiro atoms. The highest BCUT2D eigenvalue weighted by molar-refractivity contribution is 5.84. The average molecular weight is 222 g/mol. The van der Waals surface area contributed by atoms with Gasteiger partial charge in [0, 0.05) is 0 Å². The molecule has 2 aromatic rings. The highest BCUT2D eigenvalue weighted by Crippen LogP contribution is 2.07. The van der Waals surface area contributed by atoms with Gasteiger partial charge >= 0.3 is 5.97 Å². The Morgan fingerprint density at radius 1 is 1.50 bits per heavy atom. The number of hydrogen-bond donors (Lipinski definition) is 3. The molecule has 0 bridgehead atoms. The van der Waals surface area contributed by atoms with Crippen LogP contribution >= 0.6 is 0 Å². The van der Waals surface area contributed by atoms with Gasteiger partial charge in [-0.05, 0) is 12.1 Å². The third-order valence-corrected chi connectivity index (χ3v) is 1.93. The van der Waals surface area contributed by atoms with Crippen molar-refractivity contribution in [2.75, 3.05) is 0 Å². The average Bonchev–Trinajstić information content (AvgIpc) is 2.87. The number of H-pyrrole nitrogens is 1. The monoisotopic (exact) mass is 222 g/mol. The Balaban J connectivity index is 1.83. The van der Waals surface area contributed by atoms with Crippen molar-refractivity contribution >= 4 is 5.97 Å². The Bertz CT molecular complexity index is 463. The maximum atomic E-state index is 10.5. The van der Waals surface area contributed by atoms with E-state index in [0.29, 0.717) is 24.7 Å². The Morgan fingerprint density at radius 2 is 2.38 bits per heavy atom. The molecule has 7 nitrogen and oxygen atoms in total. The number of nitrogens with one attached hydrogen (secondary N) is 2. The highest BCUT2D eigenvalue weighted by atomic mass is 16.4. The van der Waals surface area contributed by atoms with E-state index in [9.17, 15) is 4.79 Å². The lowest BCUT2D eigenvalue weighted by molar-refractivity contribution is 0.0660. The number of carboxylic acids is 1. The molecule has 0 atom stereocenters. The standard InChI is InChI=1S/C9H10N4O3/c14-9(15)7-2-1-6(16-7)3-10-4-8-11-5-12-13-8/h1-2,5,10H,3-4H2,(H,14,15)(H,11,12,13). The third kappa shape index (κ3) is 2.45. The second kappa shape index (κ2) is 4.58. The lowest BCUT2D eigenvalue weighted by Gasteiger charge is -1.98. The molecule has 84 valence electrons. The van der Waals surface area contributed by atoms with Crippen molar-refractivity contribution in [3.05, 3.63) is 35.8 Å². The van der Waals surface area contributed by atoms with E-state index in [0.717, 1.165) is 0 Å². The minimum Gasteiger partial charge on any atom is -0.475 e. The molecule has 0 aromatic carbocycles. The van der Waals surface area contributed by atoms with Gasteiger partial charge in [0.1, 0.15) is 17.9 Å². The quantitative estimate of drug-likeness (QED) is 0.675. The number of aromatic carboxylic acids is 1. The first-order valence-electron chi connectivity index (χ1n) is 4.62. The molecule has 0 aliphatic carbocycles. The van der Waals surface area contributed by atoms with Gasteiger partial charge in [0.25, 0.3) is 0 Å².